The van der Waals surface area contributed by atoms with Crippen LogP contribution in [0.4, 0.5) is 13.2 Å². The van der Waals surface area contributed by atoms with Gasteiger partial charge in [0.05, 0.1) is 5.56 Å². The highest BCUT2D eigenvalue weighted by atomic mass is 19.4. The number of pyridine rings is 1. The Morgan fingerprint density at radius 3 is 2.63 bits per heavy atom. The minimum atomic E-state index is -4.33. The van der Waals surface area contributed by atoms with Gasteiger partial charge in [-0.3, -0.25) is 0 Å². The van der Waals surface area contributed by atoms with Crippen molar-refractivity contribution in [2.45, 2.75) is 45.2 Å². The van der Waals surface area contributed by atoms with E-state index in [2.05, 4.69) is 9.97 Å². The number of rotatable bonds is 0. The zero-order valence-electron chi connectivity index (χ0n) is 10.7. The lowest BCUT2D eigenvalue weighted by Crippen LogP contribution is -2.07. The van der Waals surface area contributed by atoms with Crippen LogP contribution in [0.3, 0.4) is 0 Å². The highest BCUT2D eigenvalue weighted by Gasteiger charge is 2.35. The number of aromatic amines is 1. The summed E-state index contributed by atoms with van der Waals surface area (Å²) in [6, 6.07) is 1.15. The van der Waals surface area contributed by atoms with Crippen molar-refractivity contribution in [1.29, 1.82) is 0 Å². The maximum absolute atomic E-state index is 13.2. The SMILES string of the molecule is Cc1cc(C(F)(F)F)c2c3c([nH]c2n1)CCCCC3. The Balaban J connectivity index is 2.33. The fourth-order valence-electron chi connectivity index (χ4n) is 2.93. The first-order valence-electron chi connectivity index (χ1n) is 6.55. The minimum Gasteiger partial charge on any atom is -0.343 e. The fraction of sp³-hybridized carbons (Fsp3) is 0.500. The summed E-state index contributed by atoms with van der Waals surface area (Å²) in [5.74, 6) is 0. The van der Waals surface area contributed by atoms with Gasteiger partial charge in [-0.25, -0.2) is 4.98 Å². The van der Waals surface area contributed by atoms with Crippen LogP contribution < -0.4 is 0 Å². The molecule has 2 nitrogen and oxygen atoms in total. The number of H-pyrrole nitrogens is 1. The number of fused-ring (bicyclic) bond motifs is 3. The van der Waals surface area contributed by atoms with E-state index in [1.165, 1.54) is 0 Å². The molecule has 0 saturated heterocycles. The molecule has 2 aromatic rings. The summed E-state index contributed by atoms with van der Waals surface area (Å²) in [4.78, 5) is 7.33. The van der Waals surface area contributed by atoms with Crippen LogP contribution in [-0.2, 0) is 19.0 Å². The number of aryl methyl sites for hydroxylation is 3. The molecule has 0 aliphatic heterocycles. The van der Waals surface area contributed by atoms with Gasteiger partial charge >= 0.3 is 6.18 Å². The van der Waals surface area contributed by atoms with Crippen LogP contribution >= 0.6 is 0 Å². The molecule has 5 heteroatoms. The third-order valence-electron chi connectivity index (χ3n) is 3.74. The summed E-state index contributed by atoms with van der Waals surface area (Å²) in [6.07, 6.45) is 0.259. The predicted octanol–water partition coefficient (Wildman–Crippen LogP) is 4.16. The van der Waals surface area contributed by atoms with E-state index >= 15 is 0 Å². The van der Waals surface area contributed by atoms with E-state index in [4.69, 9.17) is 0 Å². The van der Waals surface area contributed by atoms with Crippen LogP contribution in [0.25, 0.3) is 11.0 Å². The number of hydrogen-bond acceptors (Lipinski definition) is 1. The third kappa shape index (κ3) is 2.11. The monoisotopic (exact) mass is 268 g/mol. The summed E-state index contributed by atoms with van der Waals surface area (Å²) >= 11 is 0. The average molecular weight is 268 g/mol. The van der Waals surface area contributed by atoms with Gasteiger partial charge in [0.15, 0.2) is 0 Å². The van der Waals surface area contributed by atoms with Gasteiger partial charge in [0.1, 0.15) is 5.65 Å². The second-order valence-electron chi connectivity index (χ2n) is 5.18. The van der Waals surface area contributed by atoms with Crippen LogP contribution in [0.1, 0.15) is 41.8 Å². The Bertz CT molecular complexity index is 626. The number of nitrogens with one attached hydrogen (secondary N) is 1. The number of halogens is 3. The van der Waals surface area contributed by atoms with Crippen LogP contribution in [-0.4, -0.2) is 9.97 Å². The zero-order chi connectivity index (χ0) is 13.6. The van der Waals surface area contributed by atoms with Gasteiger partial charge < -0.3 is 4.98 Å². The molecule has 0 fully saturated rings. The maximum atomic E-state index is 13.2. The van der Waals surface area contributed by atoms with Crippen LogP contribution in [0.15, 0.2) is 6.07 Å². The van der Waals surface area contributed by atoms with Crippen molar-refractivity contribution in [3.63, 3.8) is 0 Å². The van der Waals surface area contributed by atoms with E-state index in [0.717, 1.165) is 43.0 Å². The number of nitrogens with zero attached hydrogens (tertiary/aromatic N) is 1. The van der Waals surface area contributed by atoms with E-state index in [9.17, 15) is 13.2 Å². The second kappa shape index (κ2) is 4.25. The summed E-state index contributed by atoms with van der Waals surface area (Å²) in [5.41, 5.74) is 2.01. The van der Waals surface area contributed by atoms with Gasteiger partial charge in [-0.05, 0) is 44.2 Å². The Labute approximate surface area is 109 Å². The molecule has 3 rings (SSSR count). The first kappa shape index (κ1) is 12.5. The molecule has 0 amide bonds. The summed E-state index contributed by atoms with van der Waals surface area (Å²) in [5, 5.41) is 0.287. The fourth-order valence-corrected chi connectivity index (χ4v) is 2.93. The average Bonchev–Trinajstić information content (AvgIpc) is 2.50. The first-order valence-corrected chi connectivity index (χ1v) is 6.55. The van der Waals surface area contributed by atoms with Crippen LogP contribution in [0, 0.1) is 6.92 Å². The number of aromatic nitrogens is 2. The Morgan fingerprint density at radius 2 is 1.89 bits per heavy atom. The van der Waals surface area contributed by atoms with Crippen molar-refractivity contribution < 1.29 is 13.2 Å². The molecule has 0 aromatic carbocycles. The van der Waals surface area contributed by atoms with Gasteiger partial charge in [-0.2, -0.15) is 13.2 Å². The van der Waals surface area contributed by atoms with E-state index in [1.54, 1.807) is 6.92 Å². The first-order chi connectivity index (χ1) is 8.97. The predicted molar refractivity (Wildman–Crippen MR) is 67.1 cm³/mol. The molecule has 0 unspecified atom stereocenters. The Hall–Kier alpha value is -1.52. The van der Waals surface area contributed by atoms with E-state index in [0.29, 0.717) is 17.8 Å². The van der Waals surface area contributed by atoms with E-state index < -0.39 is 11.7 Å². The molecule has 0 spiro atoms. The molecule has 0 bridgehead atoms. The van der Waals surface area contributed by atoms with Crippen molar-refractivity contribution >= 4 is 11.0 Å². The van der Waals surface area contributed by atoms with Gasteiger partial charge in [-0.1, -0.05) is 6.42 Å². The summed E-state index contributed by atoms with van der Waals surface area (Å²) in [7, 11) is 0. The minimum absolute atomic E-state index is 0.287. The smallest absolute Gasteiger partial charge is 0.343 e. The third-order valence-corrected chi connectivity index (χ3v) is 3.74. The number of hydrogen-bond donors (Lipinski definition) is 1. The zero-order valence-corrected chi connectivity index (χ0v) is 10.7. The molecule has 1 aliphatic carbocycles. The topological polar surface area (TPSA) is 28.7 Å². The quantitative estimate of drug-likeness (QED) is 0.714. The molecule has 102 valence electrons. The standard InChI is InChI=1S/C14H15F3N2/c1-8-7-10(14(15,16)17)12-9-5-3-2-4-6-11(9)19-13(12)18-8/h7H,2-6H2,1H3,(H,18,19). The second-order valence-corrected chi connectivity index (χ2v) is 5.18. The maximum Gasteiger partial charge on any atom is 0.417 e. The molecule has 0 radical (unpaired) electrons. The van der Waals surface area contributed by atoms with E-state index in [-0.39, 0.29) is 5.39 Å². The van der Waals surface area contributed by atoms with E-state index in [1.807, 2.05) is 0 Å². The van der Waals surface area contributed by atoms with Crippen molar-refractivity contribution in [3.05, 3.63) is 28.6 Å². The molecule has 2 heterocycles. The lowest BCUT2D eigenvalue weighted by Gasteiger charge is -2.10. The largest absolute Gasteiger partial charge is 0.417 e. The van der Waals surface area contributed by atoms with Gasteiger partial charge in [0, 0.05) is 16.8 Å². The Kier molecular flexibility index (Phi) is 2.80. The van der Waals surface area contributed by atoms with Crippen molar-refractivity contribution in [2.75, 3.05) is 0 Å². The number of alkyl halides is 3. The lowest BCUT2D eigenvalue weighted by molar-refractivity contribution is -0.136. The molecular formula is C14H15F3N2. The molecule has 2 aromatic heterocycles. The summed E-state index contributed by atoms with van der Waals surface area (Å²) < 4.78 is 39.6. The van der Waals surface area contributed by atoms with Gasteiger partial charge in [-0.15, -0.1) is 0 Å². The molecule has 19 heavy (non-hydrogen) atoms. The van der Waals surface area contributed by atoms with Gasteiger partial charge in [0.25, 0.3) is 0 Å². The van der Waals surface area contributed by atoms with Crippen LogP contribution in [0.5, 0.6) is 0 Å². The van der Waals surface area contributed by atoms with Gasteiger partial charge in [0.2, 0.25) is 0 Å². The highest BCUT2D eigenvalue weighted by Crippen LogP contribution is 2.38. The lowest BCUT2D eigenvalue weighted by atomic mass is 10.0. The molecule has 0 atom stereocenters. The molecule has 1 N–H and O–H groups in total. The van der Waals surface area contributed by atoms with Crippen molar-refractivity contribution in [3.8, 4) is 0 Å². The van der Waals surface area contributed by atoms with Crippen molar-refractivity contribution in [2.24, 2.45) is 0 Å². The Morgan fingerprint density at radius 1 is 1.16 bits per heavy atom. The molecule has 0 saturated carbocycles. The normalized spacial score (nSPS) is 16.4. The molecular weight excluding hydrogens is 253 g/mol. The summed E-state index contributed by atoms with van der Waals surface area (Å²) in [6.45, 7) is 1.60. The molecule has 1 aliphatic rings. The van der Waals surface area contributed by atoms with Crippen LogP contribution in [0.2, 0.25) is 0 Å². The highest BCUT2D eigenvalue weighted by molar-refractivity contribution is 5.86. The van der Waals surface area contributed by atoms with Crippen molar-refractivity contribution in [1.82, 2.24) is 9.97 Å².